The third kappa shape index (κ3) is 3.74. The maximum Gasteiger partial charge on any atom is 0.224 e. The molecule has 4 heteroatoms. The first kappa shape index (κ1) is 12.9. The summed E-state index contributed by atoms with van der Waals surface area (Å²) >= 11 is 0. The van der Waals surface area contributed by atoms with Crippen molar-refractivity contribution in [3.05, 3.63) is 29.8 Å². The summed E-state index contributed by atoms with van der Waals surface area (Å²) in [6.07, 6.45) is 2.44. The molecule has 3 N–H and O–H groups in total. The molecule has 1 fully saturated rings. The second-order valence-corrected chi connectivity index (χ2v) is 4.89. The molecule has 2 unspecified atom stereocenters. The predicted octanol–water partition coefficient (Wildman–Crippen LogP) is 1.49. The number of carbonyl (C=O) groups is 1. The van der Waals surface area contributed by atoms with Crippen LogP contribution in [0.15, 0.2) is 24.3 Å². The van der Waals surface area contributed by atoms with Gasteiger partial charge in [-0.25, -0.2) is 0 Å². The van der Waals surface area contributed by atoms with Crippen molar-refractivity contribution in [1.29, 1.82) is 0 Å². The van der Waals surface area contributed by atoms with E-state index in [4.69, 9.17) is 10.5 Å². The van der Waals surface area contributed by atoms with E-state index in [2.05, 4.69) is 5.32 Å². The summed E-state index contributed by atoms with van der Waals surface area (Å²) in [4.78, 5) is 11.9. The second-order valence-electron chi connectivity index (χ2n) is 4.89. The van der Waals surface area contributed by atoms with E-state index in [1.54, 1.807) is 0 Å². The van der Waals surface area contributed by atoms with Gasteiger partial charge in [-0.2, -0.15) is 0 Å². The minimum atomic E-state index is 0.0684. The number of nitrogens with two attached hydrogens (primary N) is 1. The molecular formula is C14H20N2O2. The molecule has 1 saturated heterocycles. The Bertz CT molecular complexity index is 403. The van der Waals surface area contributed by atoms with Gasteiger partial charge in [0.15, 0.2) is 0 Å². The van der Waals surface area contributed by atoms with Gasteiger partial charge in [0.05, 0.1) is 12.5 Å². The largest absolute Gasteiger partial charge is 0.399 e. The quantitative estimate of drug-likeness (QED) is 0.797. The van der Waals surface area contributed by atoms with E-state index in [0.29, 0.717) is 6.42 Å². The molecule has 18 heavy (non-hydrogen) atoms. The van der Waals surface area contributed by atoms with E-state index in [1.165, 1.54) is 0 Å². The van der Waals surface area contributed by atoms with E-state index in [0.717, 1.165) is 30.7 Å². The number of anilines is 1. The minimum absolute atomic E-state index is 0.0684. The van der Waals surface area contributed by atoms with Crippen molar-refractivity contribution in [2.75, 3.05) is 12.3 Å². The Hall–Kier alpha value is -1.55. The number of nitrogens with one attached hydrogen (secondary N) is 1. The molecule has 2 atom stereocenters. The summed E-state index contributed by atoms with van der Waals surface area (Å²) < 4.78 is 5.46. The van der Waals surface area contributed by atoms with Crippen LogP contribution in [0.1, 0.15) is 25.3 Å². The Morgan fingerprint density at radius 2 is 2.17 bits per heavy atom. The summed E-state index contributed by atoms with van der Waals surface area (Å²) in [6.45, 7) is 2.77. The van der Waals surface area contributed by atoms with Crippen molar-refractivity contribution < 1.29 is 9.53 Å². The zero-order chi connectivity index (χ0) is 13.0. The van der Waals surface area contributed by atoms with Crippen molar-refractivity contribution >= 4 is 11.6 Å². The average molecular weight is 248 g/mol. The maximum absolute atomic E-state index is 11.9. The highest BCUT2D eigenvalue weighted by molar-refractivity contribution is 5.79. The number of carbonyl (C=O) groups excluding carboxylic acids is 1. The van der Waals surface area contributed by atoms with E-state index in [9.17, 15) is 4.79 Å². The molecule has 1 aromatic carbocycles. The normalized spacial score (nSPS) is 23.6. The molecule has 98 valence electrons. The van der Waals surface area contributed by atoms with Gasteiger partial charge in [0.1, 0.15) is 0 Å². The molecular weight excluding hydrogens is 228 g/mol. The number of nitrogen functional groups attached to an aromatic ring is 1. The summed E-state index contributed by atoms with van der Waals surface area (Å²) in [5, 5.41) is 3.06. The van der Waals surface area contributed by atoms with Crippen LogP contribution in [0.2, 0.25) is 0 Å². The number of rotatable bonds is 3. The van der Waals surface area contributed by atoms with Crippen LogP contribution < -0.4 is 11.1 Å². The van der Waals surface area contributed by atoms with E-state index >= 15 is 0 Å². The highest BCUT2D eigenvalue weighted by atomic mass is 16.5. The molecule has 1 aliphatic heterocycles. The number of amides is 1. The van der Waals surface area contributed by atoms with Crippen molar-refractivity contribution in [1.82, 2.24) is 5.32 Å². The fraction of sp³-hybridized carbons (Fsp3) is 0.500. The summed E-state index contributed by atoms with van der Waals surface area (Å²) in [5.41, 5.74) is 7.32. The summed E-state index contributed by atoms with van der Waals surface area (Å²) in [5.74, 6) is 0.0684. The molecule has 0 bridgehead atoms. The highest BCUT2D eigenvalue weighted by Gasteiger charge is 2.20. The SMILES string of the molecule is CC1CC(NC(=O)Cc2ccc(N)cc2)CCO1. The van der Waals surface area contributed by atoms with Crippen LogP contribution in [0.3, 0.4) is 0 Å². The van der Waals surface area contributed by atoms with Crippen LogP contribution >= 0.6 is 0 Å². The van der Waals surface area contributed by atoms with Gasteiger partial charge < -0.3 is 15.8 Å². The molecule has 1 heterocycles. The smallest absolute Gasteiger partial charge is 0.224 e. The lowest BCUT2D eigenvalue weighted by atomic mass is 10.0. The zero-order valence-electron chi connectivity index (χ0n) is 10.7. The van der Waals surface area contributed by atoms with Crippen molar-refractivity contribution in [2.45, 2.75) is 38.3 Å². The zero-order valence-corrected chi connectivity index (χ0v) is 10.7. The number of benzene rings is 1. The van der Waals surface area contributed by atoms with Crippen LogP contribution in [0.4, 0.5) is 5.69 Å². The van der Waals surface area contributed by atoms with Crippen LogP contribution in [0.25, 0.3) is 0 Å². The number of hydrogen-bond acceptors (Lipinski definition) is 3. The van der Waals surface area contributed by atoms with Crippen molar-refractivity contribution in [3.63, 3.8) is 0 Å². The predicted molar refractivity (Wildman–Crippen MR) is 71.1 cm³/mol. The first-order chi connectivity index (χ1) is 8.63. The van der Waals surface area contributed by atoms with Gasteiger partial charge in [-0.1, -0.05) is 12.1 Å². The fourth-order valence-corrected chi connectivity index (χ4v) is 2.23. The van der Waals surface area contributed by atoms with Crippen LogP contribution in [0, 0.1) is 0 Å². The minimum Gasteiger partial charge on any atom is -0.399 e. The van der Waals surface area contributed by atoms with Crippen LogP contribution in [-0.4, -0.2) is 24.7 Å². The topological polar surface area (TPSA) is 64.4 Å². The standard InChI is InChI=1S/C14H20N2O2/c1-10-8-13(6-7-18-10)16-14(17)9-11-2-4-12(15)5-3-11/h2-5,10,13H,6-9,15H2,1H3,(H,16,17). The van der Waals surface area contributed by atoms with Gasteiger partial charge in [0.25, 0.3) is 0 Å². The first-order valence-corrected chi connectivity index (χ1v) is 6.39. The molecule has 0 spiro atoms. The first-order valence-electron chi connectivity index (χ1n) is 6.39. The maximum atomic E-state index is 11.9. The Morgan fingerprint density at radius 3 is 2.83 bits per heavy atom. The lowest BCUT2D eigenvalue weighted by Gasteiger charge is -2.27. The number of ether oxygens (including phenoxy) is 1. The van der Waals surface area contributed by atoms with Crippen molar-refractivity contribution in [2.24, 2.45) is 0 Å². The second kappa shape index (κ2) is 5.87. The van der Waals surface area contributed by atoms with Gasteiger partial charge in [-0.3, -0.25) is 4.79 Å². The fourth-order valence-electron chi connectivity index (χ4n) is 2.23. The molecule has 0 aromatic heterocycles. The molecule has 1 amide bonds. The molecule has 1 aliphatic rings. The lowest BCUT2D eigenvalue weighted by Crippen LogP contribution is -2.41. The Balaban J connectivity index is 1.83. The Morgan fingerprint density at radius 1 is 1.44 bits per heavy atom. The van der Waals surface area contributed by atoms with Gasteiger partial charge in [0.2, 0.25) is 5.91 Å². The Labute approximate surface area is 108 Å². The monoisotopic (exact) mass is 248 g/mol. The van der Waals surface area contributed by atoms with Gasteiger partial charge in [-0.15, -0.1) is 0 Å². The average Bonchev–Trinajstić information content (AvgIpc) is 2.32. The molecule has 0 saturated carbocycles. The molecule has 0 radical (unpaired) electrons. The van der Waals surface area contributed by atoms with Gasteiger partial charge in [-0.05, 0) is 37.5 Å². The summed E-state index contributed by atoms with van der Waals surface area (Å²) in [6, 6.07) is 7.66. The van der Waals surface area contributed by atoms with E-state index < -0.39 is 0 Å². The Kier molecular flexibility index (Phi) is 4.20. The third-order valence-electron chi connectivity index (χ3n) is 3.19. The molecule has 4 nitrogen and oxygen atoms in total. The van der Waals surface area contributed by atoms with Crippen LogP contribution in [-0.2, 0) is 16.0 Å². The van der Waals surface area contributed by atoms with Crippen LogP contribution in [0.5, 0.6) is 0 Å². The summed E-state index contributed by atoms with van der Waals surface area (Å²) in [7, 11) is 0. The molecule has 1 aromatic rings. The highest BCUT2D eigenvalue weighted by Crippen LogP contribution is 2.13. The van der Waals surface area contributed by atoms with E-state index in [-0.39, 0.29) is 18.1 Å². The number of hydrogen-bond donors (Lipinski definition) is 2. The van der Waals surface area contributed by atoms with Crippen molar-refractivity contribution in [3.8, 4) is 0 Å². The molecule has 2 rings (SSSR count). The third-order valence-corrected chi connectivity index (χ3v) is 3.19. The lowest BCUT2D eigenvalue weighted by molar-refractivity contribution is -0.122. The molecule has 0 aliphatic carbocycles. The van der Waals surface area contributed by atoms with Gasteiger partial charge in [0, 0.05) is 18.3 Å². The van der Waals surface area contributed by atoms with Gasteiger partial charge >= 0.3 is 0 Å². The van der Waals surface area contributed by atoms with E-state index in [1.807, 2.05) is 31.2 Å².